The number of fused-ring (bicyclic) bond motifs is 2. The maximum Gasteiger partial charge on any atom is 0.271 e. The molecule has 3 aromatic carbocycles. The second-order valence-corrected chi connectivity index (χ2v) is 9.53. The van der Waals surface area contributed by atoms with Crippen LogP contribution in [0.15, 0.2) is 59.7 Å². The summed E-state index contributed by atoms with van der Waals surface area (Å²) in [4.78, 5) is 14.8. The first-order valence-electron chi connectivity index (χ1n) is 12.2. The van der Waals surface area contributed by atoms with Crippen molar-refractivity contribution in [2.45, 2.75) is 12.5 Å². The summed E-state index contributed by atoms with van der Waals surface area (Å²) in [6.45, 7) is 0.947. The van der Waals surface area contributed by atoms with E-state index in [9.17, 15) is 4.79 Å². The van der Waals surface area contributed by atoms with E-state index in [1.165, 1.54) is 0 Å². The number of methoxy groups -OCH3 is 1. The third-order valence-corrected chi connectivity index (χ3v) is 7.01. The molecule has 0 spiro atoms. The molecule has 2 aliphatic heterocycles. The van der Waals surface area contributed by atoms with Crippen molar-refractivity contribution in [2.75, 3.05) is 27.5 Å². The van der Waals surface area contributed by atoms with Crippen molar-refractivity contribution in [1.82, 2.24) is 30.5 Å². The van der Waals surface area contributed by atoms with Gasteiger partial charge in [0.15, 0.2) is 17.3 Å². The first kappa shape index (κ1) is 24.8. The number of nitrogens with one attached hydrogen (secondary N) is 1. The highest BCUT2D eigenvalue weighted by Crippen LogP contribution is 2.50. The Morgan fingerprint density at radius 3 is 2.74 bits per heavy atom. The van der Waals surface area contributed by atoms with E-state index in [1.807, 2.05) is 25.2 Å². The predicted molar refractivity (Wildman–Crippen MR) is 143 cm³/mol. The molecule has 1 atom stereocenters. The molecule has 11 nitrogen and oxygen atoms in total. The van der Waals surface area contributed by atoms with Crippen molar-refractivity contribution in [3.63, 3.8) is 0 Å². The Morgan fingerprint density at radius 1 is 1.18 bits per heavy atom. The first-order valence-corrected chi connectivity index (χ1v) is 12.6. The number of hydrazone groups is 1. The summed E-state index contributed by atoms with van der Waals surface area (Å²) in [7, 11) is 3.64. The molecule has 12 heteroatoms. The minimum atomic E-state index is -0.342. The average molecular weight is 546 g/mol. The number of likely N-dealkylation sites (N-methyl/N-ethyl adjacent to an activating group) is 1. The molecule has 4 aromatic rings. The lowest BCUT2D eigenvalue weighted by molar-refractivity contribution is 0.0955. The summed E-state index contributed by atoms with van der Waals surface area (Å²) in [6, 6.07) is 15.8. The van der Waals surface area contributed by atoms with Gasteiger partial charge in [0.05, 0.1) is 19.0 Å². The molecule has 0 aliphatic carbocycles. The molecule has 0 saturated carbocycles. The van der Waals surface area contributed by atoms with E-state index in [0.717, 1.165) is 29.7 Å². The Morgan fingerprint density at radius 2 is 1.97 bits per heavy atom. The summed E-state index contributed by atoms with van der Waals surface area (Å²) in [6.07, 6.45) is 2.37. The van der Waals surface area contributed by atoms with Crippen LogP contribution in [-0.2, 0) is 6.42 Å². The normalized spacial score (nSPS) is 16.3. The topological polar surface area (TPSA) is 116 Å². The number of aromatic nitrogens is 4. The van der Waals surface area contributed by atoms with Crippen LogP contribution in [0, 0.1) is 0 Å². The number of nitrogens with zero attached hydrogens (tertiary/aromatic N) is 6. The van der Waals surface area contributed by atoms with Crippen LogP contribution >= 0.6 is 11.6 Å². The summed E-state index contributed by atoms with van der Waals surface area (Å²) in [5, 5.41) is 17.3. The van der Waals surface area contributed by atoms with Gasteiger partial charge in [-0.25, -0.2) is 5.43 Å². The second-order valence-electron chi connectivity index (χ2n) is 9.10. The van der Waals surface area contributed by atoms with Crippen LogP contribution in [0.3, 0.4) is 0 Å². The van der Waals surface area contributed by atoms with Crippen LogP contribution in [0.1, 0.15) is 38.9 Å². The fourth-order valence-electron chi connectivity index (χ4n) is 4.84. The lowest BCUT2D eigenvalue weighted by atomic mass is 9.90. The maximum absolute atomic E-state index is 12.6. The fourth-order valence-corrected chi connectivity index (χ4v) is 4.97. The van der Waals surface area contributed by atoms with Crippen molar-refractivity contribution in [3.05, 3.63) is 87.7 Å². The molecule has 0 radical (unpaired) electrons. The highest BCUT2D eigenvalue weighted by Gasteiger charge is 2.37. The number of hydrogen-bond donors (Lipinski definition) is 1. The molecule has 39 heavy (non-hydrogen) atoms. The smallest absolute Gasteiger partial charge is 0.271 e. The van der Waals surface area contributed by atoms with Gasteiger partial charge in [-0.2, -0.15) is 9.78 Å². The highest BCUT2D eigenvalue weighted by atomic mass is 35.5. The van der Waals surface area contributed by atoms with Gasteiger partial charge in [-0.05, 0) is 77.5 Å². The Hall–Kier alpha value is -4.48. The average Bonchev–Trinajstić information content (AvgIpc) is 3.63. The van der Waals surface area contributed by atoms with E-state index in [4.69, 9.17) is 25.8 Å². The van der Waals surface area contributed by atoms with Gasteiger partial charge >= 0.3 is 0 Å². The molecule has 0 fully saturated rings. The maximum atomic E-state index is 12.6. The van der Waals surface area contributed by atoms with Crippen LogP contribution in [0.2, 0.25) is 5.02 Å². The van der Waals surface area contributed by atoms with Crippen molar-refractivity contribution in [2.24, 2.45) is 5.10 Å². The number of carbonyl (C=O) groups excluding carboxylic acids is 1. The third-order valence-electron chi connectivity index (χ3n) is 6.76. The minimum Gasteiger partial charge on any atom is -0.492 e. The number of tetrazole rings is 1. The van der Waals surface area contributed by atoms with Crippen molar-refractivity contribution >= 4 is 23.7 Å². The van der Waals surface area contributed by atoms with Crippen LogP contribution in [0.4, 0.5) is 0 Å². The van der Waals surface area contributed by atoms with E-state index >= 15 is 0 Å². The largest absolute Gasteiger partial charge is 0.492 e. The van der Waals surface area contributed by atoms with E-state index < -0.39 is 0 Å². The quantitative estimate of drug-likeness (QED) is 0.289. The van der Waals surface area contributed by atoms with Gasteiger partial charge in [-0.3, -0.25) is 9.69 Å². The Labute approximate surface area is 228 Å². The summed E-state index contributed by atoms with van der Waals surface area (Å²) in [5.41, 5.74) is 6.54. The van der Waals surface area contributed by atoms with Gasteiger partial charge in [0.1, 0.15) is 6.04 Å². The van der Waals surface area contributed by atoms with Gasteiger partial charge in [0.2, 0.25) is 12.5 Å². The number of hydrogen-bond acceptors (Lipinski definition) is 9. The highest BCUT2D eigenvalue weighted by molar-refractivity contribution is 6.30. The summed E-state index contributed by atoms with van der Waals surface area (Å²) in [5.74, 6) is 2.16. The summed E-state index contributed by atoms with van der Waals surface area (Å²) < 4.78 is 18.8. The van der Waals surface area contributed by atoms with Crippen molar-refractivity contribution < 1.29 is 19.0 Å². The standard InChI is InChI=1S/C27H24ClN7O4/c1-34-12-11-18-13-21-24(39-15-38-21)25(37-2)22(18)23(34)26-30-32-33-35(26)20-9-5-17(6-10-20)27(36)31-29-14-16-3-7-19(28)8-4-16/h3-10,13-14,23H,11-12,15H2,1-2H3,(H,31,36)/b29-14-/t23-/m1/s1. The van der Waals surface area contributed by atoms with Crippen LogP contribution < -0.4 is 19.6 Å². The Kier molecular flexibility index (Phi) is 6.59. The number of rotatable bonds is 6. The number of ether oxygens (including phenoxy) is 3. The number of amides is 1. The first-order chi connectivity index (χ1) is 19.0. The zero-order chi connectivity index (χ0) is 26.9. The third kappa shape index (κ3) is 4.66. The number of carbonyl (C=O) groups is 1. The van der Waals surface area contributed by atoms with E-state index in [1.54, 1.807) is 54.4 Å². The number of benzene rings is 3. The van der Waals surface area contributed by atoms with Gasteiger partial charge in [0, 0.05) is 22.7 Å². The van der Waals surface area contributed by atoms with E-state index in [-0.39, 0.29) is 18.7 Å². The molecule has 0 saturated heterocycles. The van der Waals surface area contributed by atoms with Gasteiger partial charge in [-0.1, -0.05) is 23.7 Å². The molecule has 1 amide bonds. The van der Waals surface area contributed by atoms with E-state index in [2.05, 4.69) is 31.0 Å². The van der Waals surface area contributed by atoms with Crippen LogP contribution in [0.5, 0.6) is 17.2 Å². The molecular weight excluding hydrogens is 522 g/mol. The molecule has 0 bridgehead atoms. The predicted octanol–water partition coefficient (Wildman–Crippen LogP) is 3.39. The second kappa shape index (κ2) is 10.4. The number of halogens is 1. The molecule has 198 valence electrons. The molecule has 1 aromatic heterocycles. The molecule has 6 rings (SSSR count). The fraction of sp³-hybridized carbons (Fsp3) is 0.222. The van der Waals surface area contributed by atoms with Crippen molar-refractivity contribution in [3.8, 4) is 22.9 Å². The van der Waals surface area contributed by atoms with E-state index in [0.29, 0.717) is 39.3 Å². The lowest BCUT2D eigenvalue weighted by Crippen LogP contribution is -2.35. The van der Waals surface area contributed by atoms with Gasteiger partial charge < -0.3 is 14.2 Å². The van der Waals surface area contributed by atoms with Gasteiger partial charge in [0.25, 0.3) is 5.91 Å². The molecular formula is C27H24ClN7O4. The Balaban J connectivity index is 1.26. The Bertz CT molecular complexity index is 1550. The molecule has 1 N–H and O–H groups in total. The van der Waals surface area contributed by atoms with Gasteiger partial charge in [-0.15, -0.1) is 5.10 Å². The van der Waals surface area contributed by atoms with Crippen LogP contribution in [0.25, 0.3) is 5.69 Å². The minimum absolute atomic E-state index is 0.152. The molecule has 0 unspecified atom stereocenters. The molecule has 2 aliphatic rings. The van der Waals surface area contributed by atoms with Crippen LogP contribution in [-0.4, -0.2) is 64.7 Å². The molecule has 3 heterocycles. The SMILES string of the molecule is COc1c2c(cc3c1[C@H](c1nnnn1-c1ccc(C(=O)N/N=C\c4ccc(Cl)cc4)cc1)N(C)CC3)OCO2. The zero-order valence-electron chi connectivity index (χ0n) is 21.2. The zero-order valence-corrected chi connectivity index (χ0v) is 21.9. The van der Waals surface area contributed by atoms with Crippen molar-refractivity contribution in [1.29, 1.82) is 0 Å². The monoisotopic (exact) mass is 545 g/mol. The summed E-state index contributed by atoms with van der Waals surface area (Å²) >= 11 is 5.90. The lowest BCUT2D eigenvalue weighted by Gasteiger charge is -2.34.